The van der Waals surface area contributed by atoms with E-state index in [1.54, 1.807) is 38.1 Å². The SMILES string of the molecule is CCS(=O)(=O)NC(=O)C(C)(C)c1ccc(O[C@@H]2CC[C@@H](NC(=O)[C@@]3(F)CNC4(CCCC4)C3)C2)c(-c2cccc(F)c2C2CCC2)c1. The molecular formula is C36H47F2N3O5S. The highest BCUT2D eigenvalue weighted by Gasteiger charge is 2.54. The number of halogens is 2. The summed E-state index contributed by atoms with van der Waals surface area (Å²) in [5.41, 5.74) is -0.925. The number of alkyl halides is 1. The Hall–Kier alpha value is -3.05. The lowest BCUT2D eigenvalue weighted by molar-refractivity contribution is -0.132. The smallest absolute Gasteiger partial charge is 0.259 e. The number of hydrogen-bond donors (Lipinski definition) is 3. The minimum absolute atomic E-state index is 0.0386. The molecule has 0 bridgehead atoms. The Bertz CT molecular complexity index is 1640. The van der Waals surface area contributed by atoms with Crippen molar-refractivity contribution in [2.24, 2.45) is 0 Å². The van der Waals surface area contributed by atoms with E-state index in [4.69, 9.17) is 4.74 Å². The fourth-order valence-electron chi connectivity index (χ4n) is 7.82. The zero-order valence-corrected chi connectivity index (χ0v) is 28.4. The van der Waals surface area contributed by atoms with E-state index >= 15 is 8.78 Å². The number of rotatable bonds is 10. The van der Waals surface area contributed by atoms with Gasteiger partial charge in [-0.15, -0.1) is 0 Å². The first-order valence-electron chi connectivity index (χ1n) is 17.1. The molecule has 3 atom stereocenters. The highest BCUT2D eigenvalue weighted by Crippen LogP contribution is 2.46. The van der Waals surface area contributed by atoms with Crippen molar-refractivity contribution in [3.05, 3.63) is 53.3 Å². The van der Waals surface area contributed by atoms with Gasteiger partial charge in [0.1, 0.15) is 17.7 Å². The third-order valence-electron chi connectivity index (χ3n) is 11.1. The van der Waals surface area contributed by atoms with Gasteiger partial charge in [0.25, 0.3) is 5.91 Å². The van der Waals surface area contributed by atoms with Crippen LogP contribution in [-0.2, 0) is 25.0 Å². The Kier molecular flexibility index (Phi) is 9.19. The molecule has 0 radical (unpaired) electrons. The third-order valence-corrected chi connectivity index (χ3v) is 12.4. The van der Waals surface area contributed by atoms with E-state index in [1.807, 2.05) is 6.07 Å². The van der Waals surface area contributed by atoms with E-state index in [-0.39, 0.29) is 48.1 Å². The fourth-order valence-corrected chi connectivity index (χ4v) is 8.50. The number of hydrogen-bond acceptors (Lipinski definition) is 6. The summed E-state index contributed by atoms with van der Waals surface area (Å²) < 4.78 is 64.4. The van der Waals surface area contributed by atoms with E-state index in [2.05, 4.69) is 15.4 Å². The van der Waals surface area contributed by atoms with Crippen LogP contribution in [0.15, 0.2) is 36.4 Å². The Morgan fingerprint density at radius 3 is 2.47 bits per heavy atom. The summed E-state index contributed by atoms with van der Waals surface area (Å²) in [5.74, 6) is -1.15. The second-order valence-electron chi connectivity index (χ2n) is 14.7. The van der Waals surface area contributed by atoms with Gasteiger partial charge in [-0.1, -0.05) is 37.5 Å². The van der Waals surface area contributed by atoms with E-state index in [9.17, 15) is 18.0 Å². The van der Waals surface area contributed by atoms with Gasteiger partial charge in [-0.25, -0.2) is 17.2 Å². The molecule has 8 nitrogen and oxygen atoms in total. The molecule has 1 spiro atoms. The van der Waals surface area contributed by atoms with Crippen LogP contribution in [0.3, 0.4) is 0 Å². The Balaban J connectivity index is 1.24. The van der Waals surface area contributed by atoms with Gasteiger partial charge >= 0.3 is 0 Å². The standard InChI is InChI=1S/C36H47F2N3O5S/c1-4-47(44,45)41-32(42)34(2,3)24-13-16-30(28(19-24)27-11-8-12-29(37)31(27)23-9-7-10-23)46-26-15-14-25(20-26)40-33(43)36(38)21-35(39-22-36)17-5-6-18-35/h8,11-13,16,19,23,25-26,39H,4-7,9-10,14-15,17-18,20-22H2,1-3H3,(H,40,43)(H,41,42)/t25-,26-,36+/m1/s1. The number of benzene rings is 2. The summed E-state index contributed by atoms with van der Waals surface area (Å²) in [7, 11) is -3.78. The van der Waals surface area contributed by atoms with Crippen LogP contribution in [0.1, 0.15) is 108 Å². The average Bonchev–Trinajstić information content (AvgIpc) is 3.74. The van der Waals surface area contributed by atoms with Crippen LogP contribution in [0.2, 0.25) is 0 Å². The Morgan fingerprint density at radius 2 is 1.79 bits per heavy atom. The highest BCUT2D eigenvalue weighted by atomic mass is 32.2. The summed E-state index contributed by atoms with van der Waals surface area (Å²) >= 11 is 0. The molecule has 2 amide bonds. The van der Waals surface area contributed by atoms with Crippen LogP contribution in [-0.4, -0.2) is 55.9 Å². The minimum atomic E-state index is -3.78. The van der Waals surface area contributed by atoms with Gasteiger partial charge in [0.15, 0.2) is 0 Å². The van der Waals surface area contributed by atoms with Crippen LogP contribution < -0.4 is 20.1 Å². The quantitative estimate of drug-likeness (QED) is 0.289. The molecule has 4 aliphatic rings. The van der Waals surface area contributed by atoms with Gasteiger partial charge in [0.2, 0.25) is 21.6 Å². The van der Waals surface area contributed by atoms with E-state index in [0.717, 1.165) is 44.9 Å². The molecule has 0 unspecified atom stereocenters. The number of amides is 2. The Labute approximate surface area is 276 Å². The molecule has 2 aromatic rings. The lowest BCUT2D eigenvalue weighted by atomic mass is 9.76. The van der Waals surface area contributed by atoms with Gasteiger partial charge in [-0.05, 0) is 100 Å². The lowest BCUT2D eigenvalue weighted by Crippen LogP contribution is -2.48. The number of ether oxygens (including phenoxy) is 1. The summed E-state index contributed by atoms with van der Waals surface area (Å²) in [6.07, 6.45) is 8.43. The molecule has 0 aromatic heterocycles. The highest BCUT2D eigenvalue weighted by molar-refractivity contribution is 7.90. The van der Waals surface area contributed by atoms with Crippen LogP contribution in [0.4, 0.5) is 8.78 Å². The first-order chi connectivity index (χ1) is 22.2. The number of carbonyl (C=O) groups is 2. The maximum absolute atomic E-state index is 15.8. The van der Waals surface area contributed by atoms with Crippen molar-refractivity contribution in [2.75, 3.05) is 12.3 Å². The van der Waals surface area contributed by atoms with Crippen molar-refractivity contribution in [1.82, 2.24) is 15.4 Å². The molecule has 1 aliphatic heterocycles. The molecule has 1 heterocycles. The molecule has 4 fully saturated rings. The molecule has 3 N–H and O–H groups in total. The predicted molar refractivity (Wildman–Crippen MR) is 177 cm³/mol. The molecule has 6 rings (SSSR count). The topological polar surface area (TPSA) is 114 Å². The third kappa shape index (κ3) is 6.80. The van der Waals surface area contributed by atoms with Crippen molar-refractivity contribution < 1.29 is 31.5 Å². The first-order valence-corrected chi connectivity index (χ1v) is 18.8. The van der Waals surface area contributed by atoms with E-state index in [0.29, 0.717) is 47.3 Å². The van der Waals surface area contributed by atoms with E-state index in [1.165, 1.54) is 13.0 Å². The summed E-state index contributed by atoms with van der Waals surface area (Å²) in [6, 6.07) is 10.1. The largest absolute Gasteiger partial charge is 0.490 e. The van der Waals surface area contributed by atoms with Crippen molar-refractivity contribution in [3.8, 4) is 16.9 Å². The summed E-state index contributed by atoms with van der Waals surface area (Å²) in [5, 5.41) is 6.27. The van der Waals surface area contributed by atoms with Gasteiger partial charge in [-0.2, -0.15) is 0 Å². The molecule has 47 heavy (non-hydrogen) atoms. The molecule has 11 heteroatoms. The second-order valence-corrected chi connectivity index (χ2v) is 16.7. The maximum Gasteiger partial charge on any atom is 0.259 e. The molecular weight excluding hydrogens is 624 g/mol. The van der Waals surface area contributed by atoms with Crippen molar-refractivity contribution in [1.29, 1.82) is 0 Å². The lowest BCUT2D eigenvalue weighted by Gasteiger charge is -2.30. The number of sulfonamides is 1. The fraction of sp³-hybridized carbons (Fsp3) is 0.611. The average molecular weight is 672 g/mol. The molecule has 3 aliphatic carbocycles. The first kappa shape index (κ1) is 33.8. The molecule has 2 aromatic carbocycles. The summed E-state index contributed by atoms with van der Waals surface area (Å²) in [4.78, 5) is 26.4. The monoisotopic (exact) mass is 671 g/mol. The molecule has 1 saturated heterocycles. The van der Waals surface area contributed by atoms with Gasteiger partial charge < -0.3 is 15.4 Å². The van der Waals surface area contributed by atoms with Crippen LogP contribution in [0.25, 0.3) is 11.1 Å². The predicted octanol–water partition coefficient (Wildman–Crippen LogP) is 5.93. The van der Waals surface area contributed by atoms with Crippen molar-refractivity contribution >= 4 is 21.8 Å². The number of nitrogens with one attached hydrogen (secondary N) is 3. The van der Waals surface area contributed by atoms with Crippen LogP contribution in [0, 0.1) is 5.82 Å². The van der Waals surface area contributed by atoms with Crippen molar-refractivity contribution in [3.63, 3.8) is 0 Å². The second kappa shape index (κ2) is 12.8. The Morgan fingerprint density at radius 1 is 1.04 bits per heavy atom. The van der Waals surface area contributed by atoms with Crippen molar-refractivity contribution in [2.45, 2.75) is 126 Å². The van der Waals surface area contributed by atoms with E-state index < -0.39 is 32.9 Å². The molecule has 3 saturated carbocycles. The van der Waals surface area contributed by atoms with Crippen LogP contribution in [0.5, 0.6) is 5.75 Å². The van der Waals surface area contributed by atoms with Gasteiger partial charge in [0.05, 0.1) is 11.2 Å². The zero-order valence-electron chi connectivity index (χ0n) is 27.6. The normalized spacial score (nSPS) is 25.9. The molecule has 256 valence electrons. The summed E-state index contributed by atoms with van der Waals surface area (Å²) in [6.45, 7) is 4.81. The van der Waals surface area contributed by atoms with Crippen LogP contribution >= 0.6 is 0 Å². The zero-order chi connectivity index (χ0) is 33.6. The maximum atomic E-state index is 15.8. The van der Waals surface area contributed by atoms with Gasteiger partial charge in [-0.3, -0.25) is 14.3 Å². The number of carbonyl (C=O) groups excluding carboxylic acids is 2. The van der Waals surface area contributed by atoms with Gasteiger partial charge in [0, 0.05) is 36.5 Å². The minimum Gasteiger partial charge on any atom is -0.490 e.